The van der Waals surface area contributed by atoms with Gasteiger partial charge in [-0.05, 0) is 17.5 Å². The number of para-hydroxylation sites is 1. The van der Waals surface area contributed by atoms with Gasteiger partial charge in [0, 0.05) is 5.39 Å². The number of hydrogen-bond acceptors (Lipinski definition) is 7. The smallest absolute Gasteiger partial charge is 0.333 e. The van der Waals surface area contributed by atoms with Crippen molar-refractivity contribution in [3.63, 3.8) is 0 Å². The van der Waals surface area contributed by atoms with Crippen LogP contribution in [0.2, 0.25) is 0 Å². The largest absolute Gasteiger partial charge is 0.451 e. The van der Waals surface area contributed by atoms with Crippen LogP contribution in [0, 0.1) is 0 Å². The number of aromatic nitrogens is 4. The van der Waals surface area contributed by atoms with Gasteiger partial charge in [-0.15, -0.1) is 11.3 Å². The molecule has 0 aliphatic carbocycles. The summed E-state index contributed by atoms with van der Waals surface area (Å²) in [6.07, 6.45) is -4.61. The predicted octanol–water partition coefficient (Wildman–Crippen LogP) is 5.05. The average Bonchev–Trinajstić information content (AvgIpc) is 3.30. The Morgan fingerprint density at radius 3 is 2.65 bits per heavy atom. The molecule has 3 aromatic heterocycles. The first kappa shape index (κ1) is 17.0. The second kappa shape index (κ2) is 6.69. The van der Waals surface area contributed by atoms with Gasteiger partial charge in [-0.25, -0.2) is 9.97 Å². The van der Waals surface area contributed by atoms with Crippen molar-refractivity contribution < 1.29 is 17.7 Å². The van der Waals surface area contributed by atoms with Gasteiger partial charge < -0.3 is 4.52 Å². The maximum atomic E-state index is 13.0. The molecule has 0 atom stereocenters. The van der Waals surface area contributed by atoms with E-state index in [2.05, 4.69) is 20.1 Å². The summed E-state index contributed by atoms with van der Waals surface area (Å²) in [7, 11) is 0. The first-order valence-electron chi connectivity index (χ1n) is 7.34. The van der Waals surface area contributed by atoms with E-state index in [9.17, 15) is 13.2 Å². The van der Waals surface area contributed by atoms with E-state index in [4.69, 9.17) is 4.52 Å². The lowest BCUT2D eigenvalue weighted by Gasteiger charge is -2.09. The zero-order chi connectivity index (χ0) is 18.1. The molecule has 0 aliphatic heterocycles. The van der Waals surface area contributed by atoms with Crippen molar-refractivity contribution in [1.29, 1.82) is 0 Å². The van der Waals surface area contributed by atoms with Gasteiger partial charge in [0.15, 0.2) is 5.82 Å². The van der Waals surface area contributed by atoms with Gasteiger partial charge in [0.1, 0.15) is 5.03 Å². The predicted molar refractivity (Wildman–Crippen MR) is 91.7 cm³/mol. The van der Waals surface area contributed by atoms with E-state index in [1.165, 1.54) is 17.4 Å². The van der Waals surface area contributed by atoms with E-state index in [-0.39, 0.29) is 16.3 Å². The lowest BCUT2D eigenvalue weighted by Crippen LogP contribution is -2.11. The molecule has 0 saturated carbocycles. The van der Waals surface area contributed by atoms with Crippen LogP contribution < -0.4 is 0 Å². The maximum absolute atomic E-state index is 13.0. The molecular formula is C16H9F3N4OS2. The number of thioether (sulfide) groups is 1. The quantitative estimate of drug-likeness (QED) is 0.356. The molecule has 10 heteroatoms. The van der Waals surface area contributed by atoms with Crippen LogP contribution in [0.3, 0.4) is 0 Å². The Morgan fingerprint density at radius 1 is 1.04 bits per heavy atom. The van der Waals surface area contributed by atoms with Gasteiger partial charge in [0.25, 0.3) is 5.89 Å². The molecule has 0 spiro atoms. The zero-order valence-corrected chi connectivity index (χ0v) is 14.5. The standard InChI is InChI=1S/C16H9F3N4OS2/c17-16(18,19)15-20-10-5-2-1-4-9(10)14(22-15)26-8-12-21-13(24-23-12)11-6-3-7-25-11/h1-7H,8H2. The Labute approximate surface area is 153 Å². The summed E-state index contributed by atoms with van der Waals surface area (Å²) >= 11 is 2.57. The minimum Gasteiger partial charge on any atom is -0.333 e. The third kappa shape index (κ3) is 3.42. The van der Waals surface area contributed by atoms with E-state index in [1.807, 2.05) is 17.5 Å². The molecule has 0 unspecified atom stereocenters. The van der Waals surface area contributed by atoms with Gasteiger partial charge in [-0.3, -0.25) is 0 Å². The molecule has 4 aromatic rings. The molecule has 0 amide bonds. The molecular weight excluding hydrogens is 385 g/mol. The van der Waals surface area contributed by atoms with Crippen LogP contribution in [-0.4, -0.2) is 20.1 Å². The fourth-order valence-electron chi connectivity index (χ4n) is 2.23. The van der Waals surface area contributed by atoms with Crippen molar-refractivity contribution in [1.82, 2.24) is 20.1 Å². The van der Waals surface area contributed by atoms with Gasteiger partial charge in [0.2, 0.25) is 5.82 Å². The van der Waals surface area contributed by atoms with Gasteiger partial charge in [-0.2, -0.15) is 18.2 Å². The second-order valence-electron chi connectivity index (χ2n) is 5.15. The van der Waals surface area contributed by atoms with Crippen LogP contribution >= 0.6 is 23.1 Å². The van der Waals surface area contributed by atoms with Crippen molar-refractivity contribution in [3.05, 3.63) is 53.4 Å². The molecule has 3 heterocycles. The van der Waals surface area contributed by atoms with Crippen LogP contribution in [0.4, 0.5) is 13.2 Å². The fraction of sp³-hybridized carbons (Fsp3) is 0.125. The first-order chi connectivity index (χ1) is 12.5. The molecule has 0 bridgehead atoms. The third-order valence-electron chi connectivity index (χ3n) is 3.36. The van der Waals surface area contributed by atoms with Crippen LogP contribution in [0.15, 0.2) is 51.3 Å². The third-order valence-corrected chi connectivity index (χ3v) is 5.20. The highest BCUT2D eigenvalue weighted by molar-refractivity contribution is 7.98. The molecule has 26 heavy (non-hydrogen) atoms. The van der Waals surface area contributed by atoms with E-state index in [0.29, 0.717) is 17.1 Å². The molecule has 132 valence electrons. The number of alkyl halides is 3. The Bertz CT molecular complexity index is 1050. The summed E-state index contributed by atoms with van der Waals surface area (Å²) in [5.74, 6) is -0.160. The number of nitrogens with zero attached hydrogens (tertiary/aromatic N) is 4. The van der Waals surface area contributed by atoms with Crippen molar-refractivity contribution in [3.8, 4) is 10.8 Å². The van der Waals surface area contributed by atoms with Crippen LogP contribution in [0.5, 0.6) is 0 Å². The number of thiophene rings is 1. The van der Waals surface area contributed by atoms with Crippen LogP contribution in [-0.2, 0) is 11.9 Å². The van der Waals surface area contributed by atoms with Gasteiger partial charge in [-0.1, -0.05) is 41.2 Å². The zero-order valence-electron chi connectivity index (χ0n) is 12.9. The molecule has 5 nitrogen and oxygen atoms in total. The fourth-order valence-corrected chi connectivity index (χ4v) is 3.74. The van der Waals surface area contributed by atoms with Crippen molar-refractivity contribution in [2.24, 2.45) is 0 Å². The highest BCUT2D eigenvalue weighted by Crippen LogP contribution is 2.33. The Balaban J connectivity index is 1.62. The molecule has 0 aliphatic rings. The normalized spacial score (nSPS) is 12.0. The minimum absolute atomic E-state index is 0.227. The van der Waals surface area contributed by atoms with Crippen molar-refractivity contribution in [2.45, 2.75) is 17.0 Å². The molecule has 0 N–H and O–H groups in total. The first-order valence-corrected chi connectivity index (χ1v) is 9.20. The molecule has 1 aromatic carbocycles. The topological polar surface area (TPSA) is 64.7 Å². The second-order valence-corrected chi connectivity index (χ2v) is 7.06. The molecule has 0 saturated heterocycles. The summed E-state index contributed by atoms with van der Waals surface area (Å²) in [5, 5.41) is 6.54. The summed E-state index contributed by atoms with van der Waals surface area (Å²) in [6, 6.07) is 10.3. The lowest BCUT2D eigenvalue weighted by atomic mass is 10.2. The number of rotatable bonds is 4. The number of hydrogen-bond donors (Lipinski definition) is 0. The molecule has 4 rings (SSSR count). The summed E-state index contributed by atoms with van der Waals surface area (Å²) in [6.45, 7) is 0. The van der Waals surface area contributed by atoms with Crippen molar-refractivity contribution in [2.75, 3.05) is 0 Å². The Hall–Kier alpha value is -2.46. The van der Waals surface area contributed by atoms with Gasteiger partial charge >= 0.3 is 6.18 Å². The SMILES string of the molecule is FC(F)(F)c1nc(SCc2noc(-c3cccs3)n2)c2ccccc2n1. The average molecular weight is 394 g/mol. The van der Waals surface area contributed by atoms with Crippen molar-refractivity contribution >= 4 is 34.0 Å². The van der Waals surface area contributed by atoms with E-state index >= 15 is 0 Å². The highest BCUT2D eigenvalue weighted by atomic mass is 32.2. The monoisotopic (exact) mass is 394 g/mol. The number of fused-ring (bicyclic) bond motifs is 1. The van der Waals surface area contributed by atoms with Gasteiger partial charge in [0.05, 0.1) is 16.1 Å². The van der Waals surface area contributed by atoms with E-state index < -0.39 is 12.0 Å². The molecule has 0 fully saturated rings. The Morgan fingerprint density at radius 2 is 1.88 bits per heavy atom. The van der Waals surface area contributed by atoms with Crippen LogP contribution in [0.25, 0.3) is 21.7 Å². The minimum atomic E-state index is -4.61. The van der Waals surface area contributed by atoms with E-state index in [1.54, 1.807) is 18.2 Å². The lowest BCUT2D eigenvalue weighted by molar-refractivity contribution is -0.145. The summed E-state index contributed by atoms with van der Waals surface area (Å²) in [5.41, 5.74) is 0.240. The maximum Gasteiger partial charge on any atom is 0.451 e. The molecule has 0 radical (unpaired) electrons. The number of halogens is 3. The van der Waals surface area contributed by atoms with Crippen LogP contribution in [0.1, 0.15) is 11.6 Å². The summed E-state index contributed by atoms with van der Waals surface area (Å²) in [4.78, 5) is 12.4. The highest BCUT2D eigenvalue weighted by Gasteiger charge is 2.35. The number of benzene rings is 1. The summed E-state index contributed by atoms with van der Waals surface area (Å²) < 4.78 is 44.3. The van der Waals surface area contributed by atoms with E-state index in [0.717, 1.165) is 16.6 Å². The Kier molecular flexibility index (Phi) is 4.37.